The minimum absolute atomic E-state index is 0.0276. The van der Waals surface area contributed by atoms with E-state index in [4.69, 9.17) is 0 Å². The van der Waals surface area contributed by atoms with Crippen LogP contribution in [0.1, 0.15) is 33.6 Å². The lowest BCUT2D eigenvalue weighted by Crippen LogP contribution is -2.28. The van der Waals surface area contributed by atoms with Gasteiger partial charge in [-0.3, -0.25) is 9.79 Å². The van der Waals surface area contributed by atoms with Crippen LogP contribution >= 0.6 is 0 Å². The molecule has 0 spiro atoms. The lowest BCUT2D eigenvalue weighted by Gasteiger charge is -2.29. The third-order valence-corrected chi connectivity index (χ3v) is 4.27. The first kappa shape index (κ1) is 15.5. The molecular weight excluding hydrogens is 286 g/mol. The van der Waals surface area contributed by atoms with Gasteiger partial charge >= 0.3 is 0 Å². The van der Waals surface area contributed by atoms with Crippen LogP contribution in [0.2, 0.25) is 0 Å². The van der Waals surface area contributed by atoms with Crippen LogP contribution in [-0.4, -0.2) is 16.6 Å². The molecule has 0 saturated heterocycles. The maximum Gasteiger partial charge on any atom is 0.168 e. The second kappa shape index (κ2) is 5.65. The van der Waals surface area contributed by atoms with Gasteiger partial charge in [0.05, 0.1) is 17.0 Å². The Morgan fingerprint density at radius 1 is 1.09 bits per heavy atom. The molecule has 3 heteroatoms. The smallest absolute Gasteiger partial charge is 0.168 e. The van der Waals surface area contributed by atoms with Gasteiger partial charge in [0.15, 0.2) is 5.78 Å². The summed E-state index contributed by atoms with van der Waals surface area (Å²) in [6.07, 6.45) is 0.950. The van der Waals surface area contributed by atoms with Crippen molar-refractivity contribution in [3.05, 3.63) is 53.8 Å². The van der Waals surface area contributed by atoms with E-state index in [1.807, 2.05) is 56.3 Å². The first-order valence-electron chi connectivity index (χ1n) is 7.86. The molecule has 3 rings (SSSR count). The van der Waals surface area contributed by atoms with Crippen molar-refractivity contribution in [1.82, 2.24) is 0 Å². The number of hydrogen-bond acceptors (Lipinski definition) is 3. The Morgan fingerprint density at radius 3 is 2.52 bits per heavy atom. The van der Waals surface area contributed by atoms with E-state index in [1.165, 1.54) is 0 Å². The van der Waals surface area contributed by atoms with Gasteiger partial charge in [-0.05, 0) is 23.8 Å². The summed E-state index contributed by atoms with van der Waals surface area (Å²) in [6.45, 7) is 5.79. The third-order valence-electron chi connectivity index (χ3n) is 4.27. The Hall–Kier alpha value is -2.42. The van der Waals surface area contributed by atoms with Crippen molar-refractivity contribution in [1.29, 1.82) is 0 Å². The van der Waals surface area contributed by atoms with Crippen LogP contribution in [0.3, 0.4) is 0 Å². The fourth-order valence-corrected chi connectivity index (χ4v) is 3.24. The van der Waals surface area contributed by atoms with Gasteiger partial charge in [-0.15, -0.1) is 0 Å². The van der Waals surface area contributed by atoms with Crippen molar-refractivity contribution < 1.29 is 9.90 Å². The number of allylic oxidation sites excluding steroid dienone is 2. The van der Waals surface area contributed by atoms with E-state index in [0.29, 0.717) is 24.1 Å². The Balaban J connectivity index is 2.07. The minimum atomic E-state index is -0.190. The molecule has 0 aromatic heterocycles. The van der Waals surface area contributed by atoms with Gasteiger partial charge in [-0.1, -0.05) is 50.2 Å². The summed E-state index contributed by atoms with van der Waals surface area (Å²) in [5.41, 5.74) is 1.60. The largest absolute Gasteiger partial charge is 0.511 e. The fourth-order valence-electron chi connectivity index (χ4n) is 3.24. The van der Waals surface area contributed by atoms with E-state index in [0.717, 1.165) is 16.5 Å². The van der Waals surface area contributed by atoms with Crippen molar-refractivity contribution in [3.63, 3.8) is 0 Å². The number of rotatable bonds is 2. The Kier molecular flexibility index (Phi) is 3.80. The summed E-state index contributed by atoms with van der Waals surface area (Å²) in [5.74, 6) is 0.132. The maximum absolute atomic E-state index is 12.4. The van der Waals surface area contributed by atoms with Gasteiger partial charge in [-0.2, -0.15) is 0 Å². The summed E-state index contributed by atoms with van der Waals surface area (Å²) in [5, 5.41) is 12.5. The molecule has 0 radical (unpaired) electrons. The third kappa shape index (κ3) is 3.04. The zero-order valence-corrected chi connectivity index (χ0v) is 13.8. The molecule has 1 aliphatic rings. The number of nitrogens with zero attached hydrogens (tertiary/aromatic N) is 1. The normalized spacial score (nSPS) is 18.6. The molecule has 0 heterocycles. The van der Waals surface area contributed by atoms with Crippen molar-refractivity contribution >= 4 is 28.0 Å². The molecular formula is C20H21NO2. The van der Waals surface area contributed by atoms with Crippen molar-refractivity contribution in [2.75, 3.05) is 0 Å². The Morgan fingerprint density at radius 2 is 1.78 bits per heavy atom. The highest BCUT2D eigenvalue weighted by atomic mass is 16.3. The summed E-state index contributed by atoms with van der Waals surface area (Å²) < 4.78 is 0. The second-order valence-corrected chi connectivity index (χ2v) is 6.96. The number of carbonyl (C=O) groups excluding carboxylic acids is 1. The van der Waals surface area contributed by atoms with E-state index < -0.39 is 0 Å². The number of aliphatic imine (C=N–C) groups is 1. The first-order chi connectivity index (χ1) is 10.9. The van der Waals surface area contributed by atoms with Crippen LogP contribution in [0.25, 0.3) is 10.8 Å². The van der Waals surface area contributed by atoms with Gasteiger partial charge in [0.1, 0.15) is 5.76 Å². The molecule has 0 fully saturated rings. The maximum atomic E-state index is 12.4. The highest BCUT2D eigenvalue weighted by Gasteiger charge is 2.34. The number of ketones is 1. The molecule has 1 N–H and O–H groups in total. The van der Waals surface area contributed by atoms with Crippen LogP contribution in [0, 0.1) is 5.41 Å². The minimum Gasteiger partial charge on any atom is -0.511 e. The number of carbonyl (C=O) groups is 1. The Labute approximate surface area is 136 Å². The van der Waals surface area contributed by atoms with Crippen LogP contribution in [0.5, 0.6) is 0 Å². The topological polar surface area (TPSA) is 49.7 Å². The zero-order chi connectivity index (χ0) is 16.6. The van der Waals surface area contributed by atoms with E-state index in [2.05, 4.69) is 4.99 Å². The van der Waals surface area contributed by atoms with E-state index in [1.54, 1.807) is 6.92 Å². The number of Topliss-reactive ketones (excluding diaryl/α,β-unsaturated/α-hetero) is 1. The number of aliphatic hydroxyl groups is 1. The van der Waals surface area contributed by atoms with Crippen LogP contribution in [-0.2, 0) is 4.79 Å². The van der Waals surface area contributed by atoms with Crippen LogP contribution < -0.4 is 0 Å². The van der Waals surface area contributed by atoms with Crippen LogP contribution in [0.4, 0.5) is 5.69 Å². The second-order valence-electron chi connectivity index (χ2n) is 6.96. The number of benzene rings is 2. The zero-order valence-electron chi connectivity index (χ0n) is 13.8. The highest BCUT2D eigenvalue weighted by Crippen LogP contribution is 2.36. The van der Waals surface area contributed by atoms with E-state index >= 15 is 0 Å². The lowest BCUT2D eigenvalue weighted by atomic mass is 9.76. The van der Waals surface area contributed by atoms with Gasteiger partial charge in [-0.25, -0.2) is 0 Å². The lowest BCUT2D eigenvalue weighted by molar-refractivity contribution is -0.117. The molecule has 0 atom stereocenters. The fraction of sp³-hybridized carbons (Fsp3) is 0.300. The highest BCUT2D eigenvalue weighted by molar-refractivity contribution is 6.23. The molecule has 23 heavy (non-hydrogen) atoms. The number of fused-ring (bicyclic) bond motifs is 1. The van der Waals surface area contributed by atoms with Crippen molar-refractivity contribution in [2.45, 2.75) is 33.6 Å². The van der Waals surface area contributed by atoms with E-state index in [-0.39, 0.29) is 17.0 Å². The van der Waals surface area contributed by atoms with Crippen molar-refractivity contribution in [2.24, 2.45) is 10.4 Å². The van der Waals surface area contributed by atoms with Crippen molar-refractivity contribution in [3.8, 4) is 0 Å². The molecule has 1 aliphatic carbocycles. The molecule has 2 aromatic rings. The summed E-state index contributed by atoms with van der Waals surface area (Å²) >= 11 is 0. The molecule has 0 unspecified atom stereocenters. The monoisotopic (exact) mass is 307 g/mol. The molecule has 2 aromatic carbocycles. The average Bonchev–Trinajstić information content (AvgIpc) is 2.45. The molecule has 118 valence electrons. The number of aliphatic hydroxyl groups excluding tert-OH is 1. The van der Waals surface area contributed by atoms with Gasteiger partial charge in [0, 0.05) is 18.2 Å². The molecule has 0 saturated carbocycles. The summed E-state index contributed by atoms with van der Waals surface area (Å²) in [4.78, 5) is 17.1. The molecule has 0 aliphatic heterocycles. The standard InChI is InChI=1S/C20H21NO2/c1-13(19-17(22)11-20(2,3)12-18(19)23)21-16-10-6-8-14-7-4-5-9-15(14)16/h4-10,22H,11-12H2,1-3H3. The molecule has 0 amide bonds. The Bertz CT molecular complexity index is 838. The quantitative estimate of drug-likeness (QED) is 0.782. The molecule has 3 nitrogen and oxygen atoms in total. The summed E-state index contributed by atoms with van der Waals surface area (Å²) in [7, 11) is 0. The van der Waals surface area contributed by atoms with Crippen LogP contribution in [0.15, 0.2) is 58.8 Å². The van der Waals surface area contributed by atoms with Gasteiger partial charge in [0.2, 0.25) is 0 Å². The van der Waals surface area contributed by atoms with Gasteiger partial charge in [0.25, 0.3) is 0 Å². The molecule has 0 bridgehead atoms. The number of hydrogen-bond donors (Lipinski definition) is 1. The first-order valence-corrected chi connectivity index (χ1v) is 7.86. The van der Waals surface area contributed by atoms with Gasteiger partial charge < -0.3 is 5.11 Å². The average molecular weight is 307 g/mol. The SMILES string of the molecule is CC(=Nc1cccc2ccccc12)C1=C(O)CC(C)(C)CC1=O. The predicted molar refractivity (Wildman–Crippen MR) is 94.4 cm³/mol. The predicted octanol–water partition coefficient (Wildman–Crippen LogP) is 5.13. The summed E-state index contributed by atoms with van der Waals surface area (Å²) in [6, 6.07) is 13.9. The van der Waals surface area contributed by atoms with E-state index in [9.17, 15) is 9.90 Å².